The van der Waals surface area contributed by atoms with Gasteiger partial charge < -0.3 is 10.1 Å². The molecule has 1 aromatic carbocycles. The van der Waals surface area contributed by atoms with Crippen LogP contribution in [0.25, 0.3) is 0 Å². The first-order valence-electron chi connectivity index (χ1n) is 8.36. The van der Waals surface area contributed by atoms with Crippen LogP contribution in [-0.2, 0) is 16.0 Å². The Bertz CT molecular complexity index is 606. The molecule has 1 aromatic rings. The molecule has 1 saturated carbocycles. The van der Waals surface area contributed by atoms with Crippen LogP contribution in [0.15, 0.2) is 36.4 Å². The zero-order valence-electron chi connectivity index (χ0n) is 13.5. The minimum Gasteiger partial charge on any atom is -0.464 e. The number of benzene rings is 1. The van der Waals surface area contributed by atoms with Crippen molar-refractivity contribution < 1.29 is 14.3 Å². The second-order valence-electron chi connectivity index (χ2n) is 6.46. The van der Waals surface area contributed by atoms with E-state index in [1.165, 1.54) is 12.0 Å². The third-order valence-corrected chi connectivity index (χ3v) is 4.89. The maximum atomic E-state index is 12.0. The molecule has 0 radical (unpaired) electrons. The maximum absolute atomic E-state index is 12.0. The monoisotopic (exact) mass is 313 g/mol. The van der Waals surface area contributed by atoms with Crippen molar-refractivity contribution in [2.24, 2.45) is 17.8 Å². The SMILES string of the molecule is CCc1ccc(C(=O)NCC(=O)OCC2CC3C=CC2C3)cc1. The Morgan fingerprint density at radius 3 is 2.57 bits per heavy atom. The minimum absolute atomic E-state index is 0.0784. The van der Waals surface area contributed by atoms with Crippen LogP contribution in [0.4, 0.5) is 0 Å². The summed E-state index contributed by atoms with van der Waals surface area (Å²) in [7, 11) is 0. The molecule has 0 aromatic heterocycles. The predicted molar refractivity (Wildman–Crippen MR) is 88.0 cm³/mol. The first kappa shape index (κ1) is 15.8. The lowest BCUT2D eigenvalue weighted by molar-refractivity contribution is -0.144. The van der Waals surface area contributed by atoms with Crippen molar-refractivity contribution in [2.75, 3.05) is 13.2 Å². The topological polar surface area (TPSA) is 55.4 Å². The molecule has 0 aliphatic heterocycles. The Hall–Kier alpha value is -2.10. The predicted octanol–water partition coefficient (Wildman–Crippen LogP) is 2.73. The van der Waals surface area contributed by atoms with E-state index in [1.807, 2.05) is 12.1 Å². The fourth-order valence-electron chi connectivity index (χ4n) is 3.48. The fraction of sp³-hybridized carbons (Fsp3) is 0.474. The van der Waals surface area contributed by atoms with E-state index < -0.39 is 0 Å². The van der Waals surface area contributed by atoms with E-state index in [4.69, 9.17) is 4.74 Å². The second kappa shape index (κ2) is 6.99. The molecule has 4 nitrogen and oxygen atoms in total. The average Bonchev–Trinajstić information content (AvgIpc) is 3.21. The highest BCUT2D eigenvalue weighted by Crippen LogP contribution is 2.43. The third-order valence-electron chi connectivity index (χ3n) is 4.89. The van der Waals surface area contributed by atoms with Crippen molar-refractivity contribution in [3.8, 4) is 0 Å². The first-order valence-corrected chi connectivity index (χ1v) is 8.36. The quantitative estimate of drug-likeness (QED) is 0.649. The lowest BCUT2D eigenvalue weighted by Gasteiger charge is -2.17. The number of carbonyl (C=O) groups is 2. The van der Waals surface area contributed by atoms with Crippen LogP contribution >= 0.6 is 0 Å². The lowest BCUT2D eigenvalue weighted by atomic mass is 9.95. The number of amides is 1. The van der Waals surface area contributed by atoms with Crippen LogP contribution < -0.4 is 5.32 Å². The Labute approximate surface area is 136 Å². The van der Waals surface area contributed by atoms with Gasteiger partial charge in [0.05, 0.1) is 6.61 Å². The van der Waals surface area contributed by atoms with E-state index in [0.717, 1.165) is 12.8 Å². The standard InChI is InChI=1S/C19H23NO3/c1-2-13-3-6-15(7-4-13)19(22)20-11-18(21)23-12-17-10-14-5-8-16(17)9-14/h3-8,14,16-17H,2,9-12H2,1H3,(H,20,22). The van der Waals surface area contributed by atoms with Crippen molar-refractivity contribution in [3.05, 3.63) is 47.5 Å². The number of hydrogen-bond donors (Lipinski definition) is 1. The normalized spacial score (nSPS) is 24.7. The number of nitrogens with one attached hydrogen (secondary N) is 1. The van der Waals surface area contributed by atoms with Gasteiger partial charge in [-0.25, -0.2) is 0 Å². The molecule has 2 bridgehead atoms. The summed E-state index contributed by atoms with van der Waals surface area (Å²) < 4.78 is 5.31. The van der Waals surface area contributed by atoms with E-state index in [9.17, 15) is 9.59 Å². The highest BCUT2D eigenvalue weighted by Gasteiger charge is 2.36. The summed E-state index contributed by atoms with van der Waals surface area (Å²) in [6.07, 6.45) is 7.77. The van der Waals surface area contributed by atoms with Crippen LogP contribution in [0.2, 0.25) is 0 Å². The Kier molecular flexibility index (Phi) is 4.79. The number of allylic oxidation sites excluding steroid dienone is 2. The summed E-state index contributed by atoms with van der Waals surface area (Å²) in [5.74, 6) is 1.09. The molecule has 3 rings (SSSR count). The largest absolute Gasteiger partial charge is 0.464 e. The van der Waals surface area contributed by atoms with Crippen molar-refractivity contribution >= 4 is 11.9 Å². The van der Waals surface area contributed by atoms with Crippen molar-refractivity contribution in [2.45, 2.75) is 26.2 Å². The van der Waals surface area contributed by atoms with E-state index in [0.29, 0.717) is 29.9 Å². The number of fused-ring (bicyclic) bond motifs is 2. The molecule has 3 atom stereocenters. The second-order valence-corrected chi connectivity index (χ2v) is 6.46. The number of hydrogen-bond acceptors (Lipinski definition) is 3. The summed E-state index contributed by atoms with van der Waals surface area (Å²) in [4.78, 5) is 23.8. The van der Waals surface area contributed by atoms with Gasteiger partial charge in [-0.15, -0.1) is 0 Å². The molecule has 122 valence electrons. The molecule has 1 N–H and O–H groups in total. The van der Waals surface area contributed by atoms with Gasteiger partial charge in [0.1, 0.15) is 6.54 Å². The van der Waals surface area contributed by atoms with E-state index >= 15 is 0 Å². The van der Waals surface area contributed by atoms with E-state index in [1.54, 1.807) is 12.1 Å². The van der Waals surface area contributed by atoms with Gasteiger partial charge in [0.25, 0.3) is 5.91 Å². The van der Waals surface area contributed by atoms with E-state index in [2.05, 4.69) is 24.4 Å². The molecule has 1 amide bonds. The summed E-state index contributed by atoms with van der Waals surface area (Å²) in [6.45, 7) is 2.45. The molecule has 3 unspecified atom stereocenters. The average molecular weight is 313 g/mol. The van der Waals surface area contributed by atoms with Crippen LogP contribution in [0, 0.1) is 17.8 Å². The zero-order chi connectivity index (χ0) is 16.2. The van der Waals surface area contributed by atoms with Gasteiger partial charge in [0.15, 0.2) is 0 Å². The third kappa shape index (κ3) is 3.81. The summed E-state index contributed by atoms with van der Waals surface area (Å²) in [6, 6.07) is 7.41. The van der Waals surface area contributed by atoms with Gasteiger partial charge in [-0.2, -0.15) is 0 Å². The molecule has 0 saturated heterocycles. The maximum Gasteiger partial charge on any atom is 0.325 e. The summed E-state index contributed by atoms with van der Waals surface area (Å²) in [5.41, 5.74) is 1.74. The van der Waals surface area contributed by atoms with Gasteiger partial charge in [-0.1, -0.05) is 31.2 Å². The number of ether oxygens (including phenoxy) is 1. The molecule has 0 heterocycles. The highest BCUT2D eigenvalue weighted by molar-refractivity contribution is 5.95. The molecule has 2 aliphatic carbocycles. The van der Waals surface area contributed by atoms with Gasteiger partial charge >= 0.3 is 5.97 Å². The van der Waals surface area contributed by atoms with Crippen LogP contribution in [0.5, 0.6) is 0 Å². The van der Waals surface area contributed by atoms with Crippen LogP contribution in [0.3, 0.4) is 0 Å². The van der Waals surface area contributed by atoms with Crippen molar-refractivity contribution in [1.82, 2.24) is 5.32 Å². The van der Waals surface area contributed by atoms with Gasteiger partial charge in [0.2, 0.25) is 0 Å². The molecule has 2 aliphatic rings. The molecule has 0 spiro atoms. The number of rotatable bonds is 6. The Morgan fingerprint density at radius 1 is 1.17 bits per heavy atom. The lowest BCUT2D eigenvalue weighted by Crippen LogP contribution is -2.31. The Morgan fingerprint density at radius 2 is 1.96 bits per heavy atom. The summed E-state index contributed by atoms with van der Waals surface area (Å²) in [5, 5.41) is 2.62. The van der Waals surface area contributed by atoms with Crippen molar-refractivity contribution in [1.29, 1.82) is 0 Å². The van der Waals surface area contributed by atoms with Crippen LogP contribution in [0.1, 0.15) is 35.7 Å². The van der Waals surface area contributed by atoms with Crippen molar-refractivity contribution in [3.63, 3.8) is 0 Å². The van der Waals surface area contributed by atoms with Gasteiger partial charge in [-0.05, 0) is 54.7 Å². The Balaban J connectivity index is 1.39. The van der Waals surface area contributed by atoms with Gasteiger partial charge in [0, 0.05) is 5.56 Å². The smallest absolute Gasteiger partial charge is 0.325 e. The molecular formula is C19H23NO3. The first-order chi connectivity index (χ1) is 11.2. The zero-order valence-corrected chi connectivity index (χ0v) is 13.5. The number of aryl methyl sites for hydroxylation is 1. The fourth-order valence-corrected chi connectivity index (χ4v) is 3.48. The van der Waals surface area contributed by atoms with E-state index in [-0.39, 0.29) is 18.4 Å². The molecular weight excluding hydrogens is 290 g/mol. The number of esters is 1. The molecule has 4 heteroatoms. The van der Waals surface area contributed by atoms with Crippen LogP contribution in [-0.4, -0.2) is 25.0 Å². The number of carbonyl (C=O) groups excluding carboxylic acids is 2. The summed E-state index contributed by atoms with van der Waals surface area (Å²) >= 11 is 0. The molecule has 1 fully saturated rings. The highest BCUT2D eigenvalue weighted by atomic mass is 16.5. The molecule has 23 heavy (non-hydrogen) atoms. The van der Waals surface area contributed by atoms with Gasteiger partial charge in [-0.3, -0.25) is 9.59 Å². The minimum atomic E-state index is -0.365.